The van der Waals surface area contributed by atoms with E-state index in [-0.39, 0.29) is 29.4 Å². The first kappa shape index (κ1) is 13.5. The zero-order chi connectivity index (χ0) is 14.5. The van der Waals surface area contributed by atoms with Crippen molar-refractivity contribution in [2.75, 3.05) is 19.5 Å². The van der Waals surface area contributed by atoms with Crippen LogP contribution in [0.25, 0.3) is 0 Å². The molecule has 0 amide bonds. The fourth-order valence-corrected chi connectivity index (χ4v) is 1.35. The van der Waals surface area contributed by atoms with Crippen molar-refractivity contribution in [3.63, 3.8) is 0 Å². The Kier molecular flexibility index (Phi) is 3.89. The van der Waals surface area contributed by atoms with Gasteiger partial charge < -0.3 is 14.8 Å². The molecule has 0 atom stereocenters. The molecular weight excluding hydrogens is 266 g/mol. The Bertz CT molecular complexity index is 612. The van der Waals surface area contributed by atoms with Gasteiger partial charge in [-0.3, -0.25) is 10.1 Å². The molecule has 0 aliphatic heterocycles. The fourth-order valence-electron chi connectivity index (χ4n) is 1.35. The van der Waals surface area contributed by atoms with Crippen molar-refractivity contribution in [1.29, 1.82) is 0 Å². The van der Waals surface area contributed by atoms with E-state index in [2.05, 4.69) is 20.3 Å². The number of non-ortho nitro benzene ring substituents is 1. The van der Waals surface area contributed by atoms with Crippen LogP contribution in [0.5, 0.6) is 17.8 Å². The number of hydrogen-bond acceptors (Lipinski definition) is 8. The van der Waals surface area contributed by atoms with Crippen LogP contribution in [-0.2, 0) is 0 Å². The average molecular weight is 277 g/mol. The summed E-state index contributed by atoms with van der Waals surface area (Å²) in [6.07, 6.45) is 0. The number of nitrogens with zero attached hydrogens (tertiary/aromatic N) is 4. The van der Waals surface area contributed by atoms with E-state index in [0.29, 0.717) is 0 Å². The van der Waals surface area contributed by atoms with Gasteiger partial charge >= 0.3 is 12.0 Å². The van der Waals surface area contributed by atoms with Crippen LogP contribution in [0.1, 0.15) is 0 Å². The minimum atomic E-state index is -0.514. The molecule has 0 unspecified atom stereocenters. The van der Waals surface area contributed by atoms with Gasteiger partial charge in [0.25, 0.3) is 5.69 Å². The normalized spacial score (nSPS) is 9.90. The van der Waals surface area contributed by atoms with Crippen LogP contribution < -0.4 is 14.8 Å². The summed E-state index contributed by atoms with van der Waals surface area (Å²) >= 11 is 0. The molecule has 0 spiro atoms. The van der Waals surface area contributed by atoms with Gasteiger partial charge in [-0.25, -0.2) is 0 Å². The third kappa shape index (κ3) is 3.07. The van der Waals surface area contributed by atoms with Crippen LogP contribution in [-0.4, -0.2) is 34.0 Å². The van der Waals surface area contributed by atoms with E-state index in [0.717, 1.165) is 0 Å². The quantitative estimate of drug-likeness (QED) is 0.648. The summed E-state index contributed by atoms with van der Waals surface area (Å²) in [7, 11) is 3.04. The zero-order valence-electron chi connectivity index (χ0n) is 10.7. The number of benzene rings is 1. The van der Waals surface area contributed by atoms with E-state index in [1.54, 1.807) is 13.1 Å². The second-order valence-electron chi connectivity index (χ2n) is 3.53. The molecule has 20 heavy (non-hydrogen) atoms. The minimum Gasteiger partial charge on any atom is -0.467 e. The number of rotatable bonds is 5. The summed E-state index contributed by atoms with van der Waals surface area (Å²) in [5.74, 6) is 0.506. The second kappa shape index (κ2) is 5.78. The molecule has 0 fully saturated rings. The van der Waals surface area contributed by atoms with Gasteiger partial charge in [0.15, 0.2) is 0 Å². The molecule has 0 bridgehead atoms. The summed E-state index contributed by atoms with van der Waals surface area (Å²) in [6, 6.07) is 5.74. The molecule has 0 aliphatic carbocycles. The molecule has 1 heterocycles. The Balaban J connectivity index is 2.29. The van der Waals surface area contributed by atoms with E-state index in [9.17, 15) is 10.1 Å². The molecule has 0 radical (unpaired) electrons. The molecule has 1 aromatic carbocycles. The summed E-state index contributed by atoms with van der Waals surface area (Å²) in [4.78, 5) is 21.9. The Hall–Kier alpha value is -2.97. The maximum Gasteiger partial charge on any atom is 0.330 e. The van der Waals surface area contributed by atoms with E-state index in [1.165, 1.54) is 25.3 Å². The molecular formula is C11H11N5O4. The maximum absolute atomic E-state index is 10.7. The third-order valence-corrected chi connectivity index (χ3v) is 2.24. The monoisotopic (exact) mass is 277 g/mol. The second-order valence-corrected chi connectivity index (χ2v) is 3.53. The van der Waals surface area contributed by atoms with E-state index in [4.69, 9.17) is 9.47 Å². The number of nitro benzene ring substituents is 1. The molecule has 0 saturated carbocycles. The summed E-state index contributed by atoms with van der Waals surface area (Å²) < 4.78 is 10.3. The number of aromatic nitrogens is 3. The van der Waals surface area contributed by atoms with E-state index in [1.807, 2.05) is 0 Å². The first-order valence-electron chi connectivity index (χ1n) is 5.52. The van der Waals surface area contributed by atoms with Crippen LogP contribution in [0, 0.1) is 10.1 Å². The number of methoxy groups -OCH3 is 1. The lowest BCUT2D eigenvalue weighted by molar-refractivity contribution is -0.384. The Morgan fingerprint density at radius 1 is 1.25 bits per heavy atom. The summed E-state index contributed by atoms with van der Waals surface area (Å²) in [5, 5.41) is 13.4. The average Bonchev–Trinajstić information content (AvgIpc) is 2.47. The molecule has 104 valence electrons. The molecule has 0 saturated heterocycles. The highest BCUT2D eigenvalue weighted by Gasteiger charge is 2.11. The maximum atomic E-state index is 10.7. The number of anilines is 1. The Morgan fingerprint density at radius 3 is 2.65 bits per heavy atom. The van der Waals surface area contributed by atoms with Crippen molar-refractivity contribution in [3.05, 3.63) is 34.4 Å². The highest BCUT2D eigenvalue weighted by atomic mass is 16.6. The van der Waals surface area contributed by atoms with Crippen molar-refractivity contribution in [1.82, 2.24) is 15.0 Å². The van der Waals surface area contributed by atoms with Gasteiger partial charge in [0.2, 0.25) is 5.95 Å². The molecule has 9 nitrogen and oxygen atoms in total. The van der Waals surface area contributed by atoms with Gasteiger partial charge in [0.05, 0.1) is 18.1 Å². The molecule has 2 rings (SSSR count). The van der Waals surface area contributed by atoms with Crippen LogP contribution in [0.2, 0.25) is 0 Å². The topological polar surface area (TPSA) is 112 Å². The smallest absolute Gasteiger partial charge is 0.330 e. The van der Waals surface area contributed by atoms with Gasteiger partial charge in [-0.1, -0.05) is 6.07 Å². The van der Waals surface area contributed by atoms with Gasteiger partial charge in [-0.15, -0.1) is 4.98 Å². The van der Waals surface area contributed by atoms with Crippen molar-refractivity contribution < 1.29 is 14.4 Å². The van der Waals surface area contributed by atoms with Crippen LogP contribution in [0.15, 0.2) is 24.3 Å². The lowest BCUT2D eigenvalue weighted by Gasteiger charge is -2.06. The largest absolute Gasteiger partial charge is 0.467 e. The van der Waals surface area contributed by atoms with Gasteiger partial charge in [0.1, 0.15) is 5.75 Å². The molecule has 1 aromatic heterocycles. The van der Waals surface area contributed by atoms with Crippen LogP contribution in [0.3, 0.4) is 0 Å². The molecule has 2 aromatic rings. The number of nitrogens with one attached hydrogen (secondary N) is 1. The lowest BCUT2D eigenvalue weighted by atomic mass is 10.3. The third-order valence-electron chi connectivity index (χ3n) is 2.24. The van der Waals surface area contributed by atoms with E-state index >= 15 is 0 Å². The standard InChI is InChI=1S/C11H11N5O4/c1-12-9-13-10(19-2)15-11(14-9)20-8-5-3-4-7(6-8)16(17)18/h3-6H,1-2H3,(H,12,13,14,15). The molecule has 0 aliphatic rings. The van der Waals surface area contributed by atoms with Crippen LogP contribution >= 0.6 is 0 Å². The first-order chi connectivity index (χ1) is 9.62. The van der Waals surface area contributed by atoms with Gasteiger partial charge in [0, 0.05) is 13.1 Å². The minimum absolute atomic E-state index is 0.0262. The van der Waals surface area contributed by atoms with Gasteiger partial charge in [-0.2, -0.15) is 9.97 Å². The number of ether oxygens (including phenoxy) is 2. The number of hydrogen-bond donors (Lipinski definition) is 1. The molecule has 1 N–H and O–H groups in total. The summed E-state index contributed by atoms with van der Waals surface area (Å²) in [6.45, 7) is 0. The highest BCUT2D eigenvalue weighted by molar-refractivity contribution is 5.39. The van der Waals surface area contributed by atoms with Crippen molar-refractivity contribution in [3.8, 4) is 17.8 Å². The first-order valence-corrected chi connectivity index (χ1v) is 5.52. The molecule has 9 heteroatoms. The van der Waals surface area contributed by atoms with Crippen molar-refractivity contribution in [2.24, 2.45) is 0 Å². The van der Waals surface area contributed by atoms with Crippen LogP contribution in [0.4, 0.5) is 11.6 Å². The Morgan fingerprint density at radius 2 is 2.00 bits per heavy atom. The van der Waals surface area contributed by atoms with E-state index < -0.39 is 4.92 Å². The number of nitro groups is 1. The van der Waals surface area contributed by atoms with Crippen molar-refractivity contribution in [2.45, 2.75) is 0 Å². The van der Waals surface area contributed by atoms with Gasteiger partial charge in [-0.05, 0) is 6.07 Å². The van der Waals surface area contributed by atoms with Crippen molar-refractivity contribution >= 4 is 11.6 Å². The summed E-state index contributed by atoms with van der Waals surface area (Å²) in [5.41, 5.74) is -0.0858. The Labute approximate surface area is 113 Å². The predicted octanol–water partition coefficient (Wildman–Crippen LogP) is 1.62. The SMILES string of the molecule is CNc1nc(OC)nc(Oc2cccc([N+](=O)[O-])c2)n1. The lowest BCUT2D eigenvalue weighted by Crippen LogP contribution is -2.03. The highest BCUT2D eigenvalue weighted by Crippen LogP contribution is 2.24. The zero-order valence-corrected chi connectivity index (χ0v) is 10.7. The fraction of sp³-hybridized carbons (Fsp3) is 0.182. The predicted molar refractivity (Wildman–Crippen MR) is 69.1 cm³/mol.